The Morgan fingerprint density at radius 3 is 3.00 bits per heavy atom. The first-order chi connectivity index (χ1) is 7.65. The van der Waals surface area contributed by atoms with Crippen molar-refractivity contribution in [1.82, 2.24) is 9.88 Å². The van der Waals surface area contributed by atoms with Crippen molar-refractivity contribution in [3.05, 3.63) is 28.6 Å². The predicted molar refractivity (Wildman–Crippen MR) is 62.6 cm³/mol. The van der Waals surface area contributed by atoms with E-state index < -0.39 is 4.92 Å². The van der Waals surface area contributed by atoms with E-state index in [9.17, 15) is 10.1 Å². The van der Waals surface area contributed by atoms with E-state index >= 15 is 0 Å². The van der Waals surface area contributed by atoms with E-state index in [2.05, 4.69) is 22.1 Å². The zero-order valence-electron chi connectivity index (χ0n) is 9.51. The predicted octanol–water partition coefficient (Wildman–Crippen LogP) is 1.35. The summed E-state index contributed by atoms with van der Waals surface area (Å²) in [4.78, 5) is 16.1. The number of nitrogens with one attached hydrogen (secondary N) is 1. The van der Waals surface area contributed by atoms with Crippen LogP contribution < -0.4 is 5.32 Å². The number of hydrogen-bond donors (Lipinski definition) is 1. The monoisotopic (exact) mass is 224 g/mol. The molecule has 0 aliphatic rings. The van der Waals surface area contributed by atoms with Crippen LogP contribution in [0.25, 0.3) is 0 Å². The highest BCUT2D eigenvalue weighted by Gasteiger charge is 2.12. The maximum absolute atomic E-state index is 10.7. The van der Waals surface area contributed by atoms with Crippen molar-refractivity contribution in [1.29, 1.82) is 0 Å². The van der Waals surface area contributed by atoms with Gasteiger partial charge in [-0.05, 0) is 19.7 Å². The van der Waals surface area contributed by atoms with Gasteiger partial charge in [0.25, 0.3) is 0 Å². The van der Waals surface area contributed by atoms with Crippen LogP contribution in [-0.4, -0.2) is 41.5 Å². The first-order valence-corrected chi connectivity index (χ1v) is 5.16. The third kappa shape index (κ3) is 3.47. The van der Waals surface area contributed by atoms with Crippen LogP contribution in [0.4, 0.5) is 11.4 Å². The Bertz CT molecular complexity index is 356. The van der Waals surface area contributed by atoms with Gasteiger partial charge in [0, 0.05) is 19.3 Å². The summed E-state index contributed by atoms with van der Waals surface area (Å²) in [5.41, 5.74) is 0.533. The molecule has 0 saturated heterocycles. The molecule has 0 aliphatic heterocycles. The maximum atomic E-state index is 10.7. The van der Waals surface area contributed by atoms with Gasteiger partial charge in [-0.1, -0.05) is 6.92 Å². The molecule has 6 nitrogen and oxygen atoms in total. The highest BCUT2D eigenvalue weighted by molar-refractivity contribution is 5.59. The van der Waals surface area contributed by atoms with Gasteiger partial charge in [0.2, 0.25) is 0 Å². The molecule has 1 heterocycles. The van der Waals surface area contributed by atoms with Crippen molar-refractivity contribution >= 4 is 11.4 Å². The van der Waals surface area contributed by atoms with Crippen molar-refractivity contribution < 1.29 is 4.92 Å². The van der Waals surface area contributed by atoms with Gasteiger partial charge in [-0.15, -0.1) is 0 Å². The molecule has 0 unspecified atom stereocenters. The lowest BCUT2D eigenvalue weighted by Crippen LogP contribution is -2.24. The Hall–Kier alpha value is -1.69. The van der Waals surface area contributed by atoms with Crippen LogP contribution in [0.5, 0.6) is 0 Å². The fourth-order valence-corrected chi connectivity index (χ4v) is 1.22. The largest absolute Gasteiger partial charge is 0.378 e. The SMILES string of the molecule is CCN(C)CCNc1ccncc1[N+](=O)[O-]. The van der Waals surface area contributed by atoms with Crippen molar-refractivity contribution in [2.45, 2.75) is 6.92 Å². The second-order valence-electron chi connectivity index (χ2n) is 3.47. The Morgan fingerprint density at radius 2 is 2.38 bits per heavy atom. The molecule has 0 atom stereocenters. The molecule has 0 spiro atoms. The Morgan fingerprint density at radius 1 is 1.62 bits per heavy atom. The zero-order valence-corrected chi connectivity index (χ0v) is 9.51. The summed E-state index contributed by atoms with van der Waals surface area (Å²) in [6.07, 6.45) is 2.80. The topological polar surface area (TPSA) is 71.3 Å². The van der Waals surface area contributed by atoms with Crippen LogP contribution in [0.15, 0.2) is 18.5 Å². The first-order valence-electron chi connectivity index (χ1n) is 5.16. The van der Waals surface area contributed by atoms with Gasteiger partial charge in [-0.25, -0.2) is 0 Å². The minimum absolute atomic E-state index is 0.0154. The molecule has 16 heavy (non-hydrogen) atoms. The number of nitro groups is 1. The molecular formula is C10H16N4O2. The quantitative estimate of drug-likeness (QED) is 0.583. The number of rotatable bonds is 6. The first kappa shape index (κ1) is 12.4. The molecule has 0 aromatic carbocycles. The van der Waals surface area contributed by atoms with Gasteiger partial charge in [-0.2, -0.15) is 0 Å². The lowest BCUT2D eigenvalue weighted by atomic mass is 10.3. The van der Waals surface area contributed by atoms with Crippen molar-refractivity contribution in [2.75, 3.05) is 32.0 Å². The van der Waals surface area contributed by atoms with Gasteiger partial charge < -0.3 is 10.2 Å². The summed E-state index contributed by atoms with van der Waals surface area (Å²) in [6.45, 7) is 4.54. The average Bonchev–Trinajstić information content (AvgIpc) is 2.29. The molecule has 0 radical (unpaired) electrons. The van der Waals surface area contributed by atoms with Crippen LogP contribution in [0.1, 0.15) is 6.92 Å². The molecule has 0 aliphatic carbocycles. The van der Waals surface area contributed by atoms with Crippen molar-refractivity contribution in [2.24, 2.45) is 0 Å². The third-order valence-corrected chi connectivity index (χ3v) is 2.35. The Labute approximate surface area is 94.4 Å². The minimum Gasteiger partial charge on any atom is -0.378 e. The van der Waals surface area contributed by atoms with Gasteiger partial charge >= 0.3 is 5.69 Å². The van der Waals surface area contributed by atoms with Crippen LogP contribution in [-0.2, 0) is 0 Å². The van der Waals surface area contributed by atoms with Gasteiger partial charge in [0.05, 0.1) is 4.92 Å². The second-order valence-corrected chi connectivity index (χ2v) is 3.47. The summed E-state index contributed by atoms with van der Waals surface area (Å²) in [5.74, 6) is 0. The Kier molecular flexibility index (Phi) is 4.65. The average molecular weight is 224 g/mol. The molecule has 88 valence electrons. The van der Waals surface area contributed by atoms with E-state index in [1.165, 1.54) is 6.20 Å². The number of hydrogen-bond acceptors (Lipinski definition) is 5. The van der Waals surface area contributed by atoms with E-state index in [0.717, 1.165) is 13.1 Å². The number of anilines is 1. The van der Waals surface area contributed by atoms with Gasteiger partial charge in [-0.3, -0.25) is 15.1 Å². The van der Waals surface area contributed by atoms with Gasteiger partial charge in [0.1, 0.15) is 11.9 Å². The second kappa shape index (κ2) is 6.02. The molecule has 0 amide bonds. The fourth-order valence-electron chi connectivity index (χ4n) is 1.22. The zero-order chi connectivity index (χ0) is 12.0. The maximum Gasteiger partial charge on any atom is 0.310 e. The standard InChI is InChI=1S/C10H16N4O2/c1-3-13(2)7-6-12-9-4-5-11-8-10(9)14(15)16/h4-5,8H,3,6-7H2,1-2H3,(H,11,12). The molecule has 1 rings (SSSR count). The number of nitrogens with zero attached hydrogens (tertiary/aromatic N) is 3. The van der Waals surface area contributed by atoms with Crippen LogP contribution in [0.3, 0.4) is 0 Å². The highest BCUT2D eigenvalue weighted by atomic mass is 16.6. The van der Waals surface area contributed by atoms with Crippen LogP contribution >= 0.6 is 0 Å². The summed E-state index contributed by atoms with van der Waals surface area (Å²) >= 11 is 0. The number of likely N-dealkylation sites (N-methyl/N-ethyl adjacent to an activating group) is 1. The number of pyridine rings is 1. The van der Waals surface area contributed by atoms with Gasteiger partial charge in [0.15, 0.2) is 0 Å². The van der Waals surface area contributed by atoms with Crippen molar-refractivity contribution in [3.8, 4) is 0 Å². The smallest absolute Gasteiger partial charge is 0.310 e. The summed E-state index contributed by atoms with van der Waals surface area (Å²) in [5, 5.41) is 13.7. The molecule has 0 saturated carbocycles. The van der Waals surface area contributed by atoms with E-state index in [1.54, 1.807) is 12.3 Å². The summed E-state index contributed by atoms with van der Waals surface area (Å²) < 4.78 is 0. The molecule has 0 fully saturated rings. The molecular weight excluding hydrogens is 208 g/mol. The molecule has 1 aromatic rings. The van der Waals surface area contributed by atoms with E-state index in [4.69, 9.17) is 0 Å². The van der Waals surface area contributed by atoms with E-state index in [-0.39, 0.29) is 5.69 Å². The minimum atomic E-state index is -0.432. The highest BCUT2D eigenvalue weighted by Crippen LogP contribution is 2.21. The molecule has 1 N–H and O–H groups in total. The Balaban J connectivity index is 2.56. The number of aromatic nitrogens is 1. The fraction of sp³-hybridized carbons (Fsp3) is 0.500. The lowest BCUT2D eigenvalue weighted by Gasteiger charge is -2.14. The van der Waals surface area contributed by atoms with E-state index in [1.807, 2.05) is 7.05 Å². The summed E-state index contributed by atoms with van der Waals surface area (Å²) in [7, 11) is 2.00. The van der Waals surface area contributed by atoms with E-state index in [0.29, 0.717) is 12.2 Å². The normalized spacial score (nSPS) is 10.4. The van der Waals surface area contributed by atoms with Crippen LogP contribution in [0, 0.1) is 10.1 Å². The molecule has 0 bridgehead atoms. The third-order valence-electron chi connectivity index (χ3n) is 2.35. The molecule has 6 heteroatoms. The van der Waals surface area contributed by atoms with Crippen molar-refractivity contribution in [3.63, 3.8) is 0 Å². The molecule has 1 aromatic heterocycles. The lowest BCUT2D eigenvalue weighted by molar-refractivity contribution is -0.384. The summed E-state index contributed by atoms with van der Waals surface area (Å²) in [6, 6.07) is 1.62. The van der Waals surface area contributed by atoms with Crippen LogP contribution in [0.2, 0.25) is 0 Å².